The first-order valence-electron chi connectivity index (χ1n) is 5.05. The predicted molar refractivity (Wildman–Crippen MR) is 65.2 cm³/mol. The van der Waals surface area contributed by atoms with E-state index in [1.54, 1.807) is 17.8 Å². The second kappa shape index (κ2) is 5.54. The Morgan fingerprint density at radius 2 is 2.31 bits per heavy atom. The van der Waals surface area contributed by atoms with Gasteiger partial charge in [0, 0.05) is 18.6 Å². The summed E-state index contributed by atoms with van der Waals surface area (Å²) in [7, 11) is -3.33. The summed E-state index contributed by atoms with van der Waals surface area (Å²) in [5, 5.41) is 3.98. The summed E-state index contributed by atoms with van der Waals surface area (Å²) in [5.74, 6) is 0.281. The Bertz CT molecular complexity index is 430. The summed E-state index contributed by atoms with van der Waals surface area (Å²) >= 11 is 5.58. The molecule has 7 heteroatoms. The number of anilines is 1. The number of alkyl halides is 1. The van der Waals surface area contributed by atoms with Crippen molar-refractivity contribution < 1.29 is 8.42 Å². The molecule has 0 fully saturated rings. The third-order valence-electron chi connectivity index (χ3n) is 2.00. The van der Waals surface area contributed by atoms with Gasteiger partial charge >= 0.3 is 0 Å². The first-order chi connectivity index (χ1) is 7.46. The van der Waals surface area contributed by atoms with Crippen LogP contribution in [0, 0.1) is 5.92 Å². The molecule has 0 radical (unpaired) electrons. The van der Waals surface area contributed by atoms with Crippen molar-refractivity contribution in [3.05, 3.63) is 12.4 Å². The van der Waals surface area contributed by atoms with E-state index in [0.29, 0.717) is 18.1 Å². The molecule has 0 aliphatic rings. The lowest BCUT2D eigenvalue weighted by Crippen LogP contribution is -2.21. The van der Waals surface area contributed by atoms with Crippen LogP contribution in [0.4, 0.5) is 5.69 Å². The molecular formula is C9H16ClN3O2S. The van der Waals surface area contributed by atoms with E-state index in [1.807, 2.05) is 6.92 Å². The lowest BCUT2D eigenvalue weighted by Gasteiger charge is -2.09. The normalized spacial score (nSPS) is 13.7. The summed E-state index contributed by atoms with van der Waals surface area (Å²) in [6.45, 7) is 4.43. The van der Waals surface area contributed by atoms with Crippen molar-refractivity contribution in [1.82, 2.24) is 9.78 Å². The van der Waals surface area contributed by atoms with E-state index >= 15 is 0 Å². The van der Waals surface area contributed by atoms with E-state index < -0.39 is 10.0 Å². The molecule has 1 aromatic heterocycles. The minimum atomic E-state index is -3.33. The highest BCUT2D eigenvalue weighted by molar-refractivity contribution is 7.92. The van der Waals surface area contributed by atoms with Crippen molar-refractivity contribution in [3.8, 4) is 0 Å². The molecule has 92 valence electrons. The minimum Gasteiger partial charge on any atom is -0.280 e. The quantitative estimate of drug-likeness (QED) is 0.793. The number of halogens is 1. The van der Waals surface area contributed by atoms with Gasteiger partial charge in [0.2, 0.25) is 10.0 Å². The van der Waals surface area contributed by atoms with Gasteiger partial charge in [0.15, 0.2) is 0 Å². The van der Waals surface area contributed by atoms with E-state index in [4.69, 9.17) is 11.6 Å². The molecule has 1 atom stereocenters. The fraction of sp³-hybridized carbons (Fsp3) is 0.667. The van der Waals surface area contributed by atoms with Crippen LogP contribution in [0.2, 0.25) is 0 Å². The van der Waals surface area contributed by atoms with Gasteiger partial charge in [0.05, 0.1) is 17.6 Å². The summed E-state index contributed by atoms with van der Waals surface area (Å²) < 4.78 is 27.4. The summed E-state index contributed by atoms with van der Waals surface area (Å²) in [6, 6.07) is 0. The van der Waals surface area contributed by atoms with Gasteiger partial charge in [-0.05, 0) is 12.8 Å². The fourth-order valence-corrected chi connectivity index (χ4v) is 2.88. The van der Waals surface area contributed by atoms with Crippen LogP contribution in [0.25, 0.3) is 0 Å². The van der Waals surface area contributed by atoms with Gasteiger partial charge in [-0.2, -0.15) is 5.10 Å². The maximum atomic E-state index is 11.7. The molecule has 0 aliphatic heterocycles. The van der Waals surface area contributed by atoms with Crippen molar-refractivity contribution in [2.24, 2.45) is 5.92 Å². The number of aromatic nitrogens is 2. The lowest BCUT2D eigenvalue weighted by molar-refractivity contribution is 0.588. The first-order valence-corrected chi connectivity index (χ1v) is 7.24. The molecule has 1 N–H and O–H groups in total. The molecule has 1 heterocycles. The number of nitrogens with zero attached hydrogens (tertiary/aromatic N) is 2. The maximum absolute atomic E-state index is 11.7. The number of rotatable bonds is 6. The van der Waals surface area contributed by atoms with Gasteiger partial charge in [-0.25, -0.2) is 8.42 Å². The zero-order valence-corrected chi connectivity index (χ0v) is 10.9. The van der Waals surface area contributed by atoms with Crippen LogP contribution >= 0.6 is 11.6 Å². The third-order valence-corrected chi connectivity index (χ3v) is 4.08. The largest absolute Gasteiger partial charge is 0.280 e. The van der Waals surface area contributed by atoms with E-state index in [-0.39, 0.29) is 11.7 Å². The molecule has 0 saturated carbocycles. The Balaban J connectivity index is 2.65. The van der Waals surface area contributed by atoms with Crippen LogP contribution in [-0.4, -0.2) is 29.8 Å². The molecule has 5 nitrogen and oxygen atoms in total. The monoisotopic (exact) mass is 265 g/mol. The Morgan fingerprint density at radius 3 is 2.81 bits per heavy atom. The van der Waals surface area contributed by atoms with E-state index in [2.05, 4.69) is 9.82 Å². The van der Waals surface area contributed by atoms with Gasteiger partial charge < -0.3 is 0 Å². The highest BCUT2D eigenvalue weighted by Crippen LogP contribution is 2.10. The van der Waals surface area contributed by atoms with E-state index in [0.717, 1.165) is 0 Å². The average molecular weight is 266 g/mol. The van der Waals surface area contributed by atoms with Gasteiger partial charge in [-0.1, -0.05) is 6.92 Å². The van der Waals surface area contributed by atoms with Gasteiger partial charge in [0.25, 0.3) is 0 Å². The maximum Gasteiger partial charge on any atom is 0.233 e. The summed E-state index contributed by atoms with van der Waals surface area (Å²) in [5.41, 5.74) is 0.489. The standard InChI is InChI=1S/C9H16ClN3O2S/c1-3-13-6-9(5-11-13)12-16(14,15)7-8(2)4-10/h5-6,8,12H,3-4,7H2,1-2H3. The van der Waals surface area contributed by atoms with Gasteiger partial charge in [0.1, 0.15) is 0 Å². The predicted octanol–water partition coefficient (Wildman–Crippen LogP) is 1.52. The van der Waals surface area contributed by atoms with Crippen LogP contribution in [0.15, 0.2) is 12.4 Å². The molecule has 0 aliphatic carbocycles. The molecule has 0 saturated heterocycles. The van der Waals surface area contributed by atoms with Gasteiger partial charge in [-0.15, -0.1) is 11.6 Å². The minimum absolute atomic E-state index is 0.0216. The summed E-state index contributed by atoms with van der Waals surface area (Å²) in [4.78, 5) is 0. The van der Waals surface area contributed by atoms with Crippen LogP contribution in [0.1, 0.15) is 13.8 Å². The molecule has 1 aromatic rings. The molecular weight excluding hydrogens is 250 g/mol. The SMILES string of the molecule is CCn1cc(NS(=O)(=O)CC(C)CCl)cn1. The van der Waals surface area contributed by atoms with Crippen molar-refractivity contribution in [3.63, 3.8) is 0 Å². The highest BCUT2D eigenvalue weighted by atomic mass is 35.5. The van der Waals surface area contributed by atoms with Crippen LogP contribution in [-0.2, 0) is 16.6 Å². The molecule has 16 heavy (non-hydrogen) atoms. The Morgan fingerprint density at radius 1 is 1.62 bits per heavy atom. The molecule has 0 amide bonds. The number of sulfonamides is 1. The van der Waals surface area contributed by atoms with E-state index in [9.17, 15) is 8.42 Å². The molecule has 0 spiro atoms. The van der Waals surface area contributed by atoms with Crippen LogP contribution in [0.3, 0.4) is 0 Å². The van der Waals surface area contributed by atoms with E-state index in [1.165, 1.54) is 6.20 Å². The zero-order valence-electron chi connectivity index (χ0n) is 9.35. The highest BCUT2D eigenvalue weighted by Gasteiger charge is 2.15. The van der Waals surface area contributed by atoms with Crippen molar-refractivity contribution >= 4 is 27.3 Å². The molecule has 0 aromatic carbocycles. The van der Waals surface area contributed by atoms with Crippen molar-refractivity contribution in [2.75, 3.05) is 16.4 Å². The number of hydrogen-bond acceptors (Lipinski definition) is 3. The van der Waals surface area contributed by atoms with Crippen molar-refractivity contribution in [1.29, 1.82) is 0 Å². The molecule has 0 bridgehead atoms. The Labute approximate surface area is 101 Å². The number of hydrogen-bond donors (Lipinski definition) is 1. The van der Waals surface area contributed by atoms with Gasteiger partial charge in [-0.3, -0.25) is 9.40 Å². The lowest BCUT2D eigenvalue weighted by atomic mass is 10.3. The van der Waals surface area contributed by atoms with Crippen LogP contribution in [0.5, 0.6) is 0 Å². The number of nitrogens with one attached hydrogen (secondary N) is 1. The second-order valence-electron chi connectivity index (χ2n) is 3.73. The smallest absolute Gasteiger partial charge is 0.233 e. The topological polar surface area (TPSA) is 64.0 Å². The molecule has 1 rings (SSSR count). The molecule has 1 unspecified atom stereocenters. The second-order valence-corrected chi connectivity index (χ2v) is 5.80. The third kappa shape index (κ3) is 4.02. The van der Waals surface area contributed by atoms with Crippen molar-refractivity contribution in [2.45, 2.75) is 20.4 Å². The van der Waals surface area contributed by atoms with Crippen LogP contribution < -0.4 is 4.72 Å². The fourth-order valence-electron chi connectivity index (χ4n) is 1.23. The Kier molecular flexibility index (Phi) is 4.61. The Hall–Kier alpha value is -0.750. The zero-order chi connectivity index (χ0) is 12.2. The summed E-state index contributed by atoms with van der Waals surface area (Å²) in [6.07, 6.45) is 3.15. The number of aryl methyl sites for hydroxylation is 1. The average Bonchev–Trinajstić information content (AvgIpc) is 2.63. The first kappa shape index (κ1) is 13.3.